The van der Waals surface area contributed by atoms with Crippen LogP contribution in [-0.2, 0) is 57.3 Å². The maximum Gasteiger partial charge on any atom is 0.327 e. The number of hydrogen-bond donors (Lipinski definition) is 10. The lowest BCUT2D eigenvalue weighted by Gasteiger charge is -2.05. The highest BCUT2D eigenvalue weighted by atomic mass is 16.6. The van der Waals surface area contributed by atoms with E-state index < -0.39 is 59.8 Å². The van der Waals surface area contributed by atoms with Crippen molar-refractivity contribution < 1.29 is 67.5 Å². The minimum atomic E-state index is -1.21. The third kappa shape index (κ3) is 31.9. The molecule has 0 aromatic carbocycles. The molecule has 0 aliphatic carbocycles. The Morgan fingerprint density at radius 2 is 0.650 bits per heavy atom. The first-order valence-electron chi connectivity index (χ1n) is 10.5. The number of carbonyl (C=O) groups is 8. The van der Waals surface area contributed by atoms with Crippen LogP contribution < -0.4 is 45.9 Å². The number of esters is 6. The molecule has 0 aromatic rings. The van der Waals surface area contributed by atoms with Gasteiger partial charge in [0.05, 0.1) is 39.3 Å². The van der Waals surface area contributed by atoms with Crippen molar-refractivity contribution in [1.82, 2.24) is 0 Å². The standard InChI is InChI=1S/2C5H10N2O4.2C4H8N2O3/c2*6-1-4(8)11-2-3(7)5(9)10;2*5-1-3(7)9-4(8)2-6/h2*3H,1-2,6-7H2,(H,9,10);2*1-2,5-6H2/t2*3-;;/m00../s1. The Morgan fingerprint density at radius 1 is 0.450 bits per heavy atom. The number of rotatable bonds is 12. The summed E-state index contributed by atoms with van der Waals surface area (Å²) in [7, 11) is 0. The van der Waals surface area contributed by atoms with Crippen LogP contribution in [0.2, 0.25) is 0 Å². The Balaban J connectivity index is -0.000000217. The number of nitrogens with two attached hydrogens (primary N) is 8. The SMILES string of the molecule is NCC(=O)OC(=O)CN.NCC(=O)OC(=O)CN.NCC(=O)OC[C@H](N)C(=O)O.NCC(=O)OC[C@H](N)C(=O)O. The van der Waals surface area contributed by atoms with Gasteiger partial charge in [-0.15, -0.1) is 0 Å². The Morgan fingerprint density at radius 3 is 0.800 bits per heavy atom. The molecule has 2 atom stereocenters. The van der Waals surface area contributed by atoms with E-state index in [9.17, 15) is 38.4 Å². The van der Waals surface area contributed by atoms with Crippen LogP contribution in [0.5, 0.6) is 0 Å². The zero-order chi connectivity index (χ0) is 32.3. The smallest absolute Gasteiger partial charge is 0.327 e. The third-order valence-electron chi connectivity index (χ3n) is 2.94. The van der Waals surface area contributed by atoms with E-state index in [0.29, 0.717) is 0 Å². The van der Waals surface area contributed by atoms with Crippen molar-refractivity contribution in [2.75, 3.05) is 52.5 Å². The van der Waals surface area contributed by atoms with Gasteiger partial charge in [-0.3, -0.25) is 38.4 Å². The summed E-state index contributed by atoms with van der Waals surface area (Å²) in [6.45, 7) is -2.43. The maximum atomic E-state index is 10.3. The van der Waals surface area contributed by atoms with Gasteiger partial charge in [0.25, 0.3) is 0 Å². The molecule has 0 heterocycles. The van der Waals surface area contributed by atoms with E-state index in [2.05, 4.69) is 18.9 Å². The molecule has 0 unspecified atom stereocenters. The van der Waals surface area contributed by atoms with Crippen molar-refractivity contribution in [2.24, 2.45) is 45.9 Å². The summed E-state index contributed by atoms with van der Waals surface area (Å²) < 4.78 is 16.7. The average molecular weight is 589 g/mol. The third-order valence-corrected chi connectivity index (χ3v) is 2.94. The van der Waals surface area contributed by atoms with Gasteiger partial charge >= 0.3 is 47.8 Å². The van der Waals surface area contributed by atoms with Crippen LogP contribution in [0.4, 0.5) is 0 Å². The van der Waals surface area contributed by atoms with E-state index >= 15 is 0 Å². The molecule has 0 aliphatic heterocycles. The zero-order valence-corrected chi connectivity index (χ0v) is 21.2. The maximum absolute atomic E-state index is 10.3. The van der Waals surface area contributed by atoms with E-state index in [1.165, 1.54) is 0 Å². The van der Waals surface area contributed by atoms with E-state index in [1.54, 1.807) is 0 Å². The van der Waals surface area contributed by atoms with Crippen molar-refractivity contribution in [1.29, 1.82) is 0 Å². The van der Waals surface area contributed by atoms with Crippen LogP contribution in [0.3, 0.4) is 0 Å². The molecule has 0 aliphatic rings. The normalized spacial score (nSPS) is 10.6. The second-order valence-corrected chi connectivity index (χ2v) is 6.17. The fourth-order valence-electron chi connectivity index (χ4n) is 1.05. The molecule has 18 N–H and O–H groups in total. The quantitative estimate of drug-likeness (QED) is 0.0574. The summed E-state index contributed by atoms with van der Waals surface area (Å²) >= 11 is 0. The van der Waals surface area contributed by atoms with Crippen molar-refractivity contribution in [3.05, 3.63) is 0 Å². The molecule has 0 saturated heterocycles. The van der Waals surface area contributed by atoms with Gasteiger partial charge in [0, 0.05) is 0 Å². The molecule has 0 amide bonds. The van der Waals surface area contributed by atoms with Gasteiger partial charge in [-0.1, -0.05) is 0 Å². The van der Waals surface area contributed by atoms with Gasteiger partial charge in [-0.25, -0.2) is 0 Å². The molecule has 0 fully saturated rings. The lowest BCUT2D eigenvalue weighted by atomic mass is 10.3. The number of aliphatic carboxylic acids is 2. The van der Waals surface area contributed by atoms with Crippen LogP contribution >= 0.6 is 0 Å². The van der Waals surface area contributed by atoms with Gasteiger partial charge in [0.15, 0.2) is 0 Å². The van der Waals surface area contributed by atoms with Crippen LogP contribution in [0.1, 0.15) is 0 Å². The van der Waals surface area contributed by atoms with Crippen LogP contribution in [-0.4, -0.2) is 123 Å². The first-order valence-corrected chi connectivity index (χ1v) is 10.5. The van der Waals surface area contributed by atoms with Gasteiger partial charge in [-0.05, 0) is 0 Å². The highest BCUT2D eigenvalue weighted by molar-refractivity contribution is 5.87. The molecule has 0 saturated carbocycles. The van der Waals surface area contributed by atoms with Crippen molar-refractivity contribution >= 4 is 47.8 Å². The first kappa shape index (κ1) is 42.9. The topological polar surface area (TPSA) is 422 Å². The number of carboxylic acid groups (broad SMARTS) is 2. The monoisotopic (exact) mass is 588 g/mol. The second kappa shape index (κ2) is 27.9. The minimum Gasteiger partial charge on any atom is -0.480 e. The molecule has 232 valence electrons. The number of carboxylic acids is 2. The Labute approximate surface area is 226 Å². The number of carbonyl (C=O) groups excluding carboxylic acids is 6. The van der Waals surface area contributed by atoms with Crippen molar-refractivity contribution in [3.8, 4) is 0 Å². The summed E-state index contributed by atoms with van der Waals surface area (Å²) in [6.07, 6.45) is 0. The molecule has 22 nitrogen and oxygen atoms in total. The summed E-state index contributed by atoms with van der Waals surface area (Å²) in [4.78, 5) is 81.4. The predicted molar refractivity (Wildman–Crippen MR) is 130 cm³/mol. The molecule has 40 heavy (non-hydrogen) atoms. The Kier molecular flexibility index (Phi) is 29.9. The van der Waals surface area contributed by atoms with E-state index in [0.717, 1.165) is 0 Å². The summed E-state index contributed by atoms with van der Waals surface area (Å²) in [5.74, 6) is -6.79. The predicted octanol–water partition coefficient (Wildman–Crippen LogP) is -8.25. The van der Waals surface area contributed by atoms with Crippen LogP contribution in [0.15, 0.2) is 0 Å². The molecule has 0 radical (unpaired) electrons. The fraction of sp³-hybridized carbons (Fsp3) is 0.556. The molecule has 0 spiro atoms. The number of ether oxygens (including phenoxy) is 4. The Hall–Kier alpha value is -4.16. The van der Waals surface area contributed by atoms with Gasteiger partial charge in [0.2, 0.25) is 0 Å². The lowest BCUT2D eigenvalue weighted by Crippen LogP contribution is -2.36. The van der Waals surface area contributed by atoms with Gasteiger partial charge in [0.1, 0.15) is 25.3 Å². The molecular formula is C18H36N8O14. The number of hydrogen-bond acceptors (Lipinski definition) is 20. The fourth-order valence-corrected chi connectivity index (χ4v) is 1.05. The largest absolute Gasteiger partial charge is 0.480 e. The highest BCUT2D eigenvalue weighted by Crippen LogP contribution is 1.83. The molecule has 22 heteroatoms. The minimum absolute atomic E-state index is 0.271. The summed E-state index contributed by atoms with van der Waals surface area (Å²) in [6, 6.07) is -2.35. The average Bonchev–Trinajstić information content (AvgIpc) is 2.94. The van der Waals surface area contributed by atoms with Gasteiger partial charge < -0.3 is 75.0 Å². The molecule has 0 rings (SSSR count). The second-order valence-electron chi connectivity index (χ2n) is 6.17. The van der Waals surface area contributed by atoms with Crippen LogP contribution in [0, 0.1) is 0 Å². The lowest BCUT2D eigenvalue weighted by molar-refractivity contribution is -0.159. The molecule has 0 bridgehead atoms. The zero-order valence-electron chi connectivity index (χ0n) is 21.2. The first-order chi connectivity index (χ1) is 18.6. The van der Waals surface area contributed by atoms with Gasteiger partial charge in [-0.2, -0.15) is 0 Å². The summed E-state index contributed by atoms with van der Waals surface area (Å²) in [5, 5.41) is 16.4. The highest BCUT2D eigenvalue weighted by Gasteiger charge is 2.14. The Bertz CT molecular complexity index is 732. The van der Waals surface area contributed by atoms with Crippen LogP contribution in [0.25, 0.3) is 0 Å². The van der Waals surface area contributed by atoms with Crippen molar-refractivity contribution in [3.63, 3.8) is 0 Å². The van der Waals surface area contributed by atoms with Crippen molar-refractivity contribution in [2.45, 2.75) is 12.1 Å². The molecule has 0 aromatic heterocycles. The summed E-state index contributed by atoms with van der Waals surface area (Å²) in [5.41, 5.74) is 39.0. The van der Waals surface area contributed by atoms with E-state index in [1.807, 2.05) is 0 Å². The van der Waals surface area contributed by atoms with E-state index in [4.69, 9.17) is 56.1 Å². The molecular weight excluding hydrogens is 552 g/mol. The van der Waals surface area contributed by atoms with E-state index in [-0.39, 0.29) is 52.5 Å².